The van der Waals surface area contributed by atoms with Crippen molar-refractivity contribution in [2.24, 2.45) is 11.5 Å². The summed E-state index contributed by atoms with van der Waals surface area (Å²) in [7, 11) is 0. The highest BCUT2D eigenvalue weighted by Gasteiger charge is 2.20. The molecule has 0 aliphatic carbocycles. The van der Waals surface area contributed by atoms with Crippen molar-refractivity contribution in [2.45, 2.75) is 45.3 Å². The molecule has 31 heavy (non-hydrogen) atoms. The van der Waals surface area contributed by atoms with Gasteiger partial charge in [-0.05, 0) is 19.4 Å². The van der Waals surface area contributed by atoms with Gasteiger partial charge in [0, 0.05) is 17.5 Å². The van der Waals surface area contributed by atoms with Gasteiger partial charge in [0.2, 0.25) is 0 Å². The third kappa shape index (κ3) is 4.85. The summed E-state index contributed by atoms with van der Waals surface area (Å²) in [6.07, 6.45) is 2.22. The fourth-order valence-corrected chi connectivity index (χ4v) is 3.15. The minimum atomic E-state index is -2.59. The van der Waals surface area contributed by atoms with Gasteiger partial charge >= 0.3 is 0 Å². The molecule has 3 rings (SSSR count). The second-order valence-electron chi connectivity index (χ2n) is 7.06. The van der Waals surface area contributed by atoms with E-state index in [1.807, 2.05) is 6.92 Å². The molecule has 0 radical (unpaired) electrons. The standard InChI is InChI=1S/C19H23F3N8O/c1-3-13(9(2)23)27-19-12(20)4-10(17(24)31)18(29-19)28-14-6-25-7-15-11(14)5-26-30(15)8-16(21)22/h4-7,9,13,16H,3,8,23H2,1-2H3,(H2,24,31)(H2,27,28,29)/t9-,13+/m0/s1. The van der Waals surface area contributed by atoms with Crippen LogP contribution in [0.15, 0.2) is 24.7 Å². The predicted octanol–water partition coefficient (Wildman–Crippen LogP) is 2.61. The molecule has 0 bridgehead atoms. The van der Waals surface area contributed by atoms with Crippen LogP contribution >= 0.6 is 0 Å². The van der Waals surface area contributed by atoms with Crippen LogP contribution < -0.4 is 22.1 Å². The lowest BCUT2D eigenvalue weighted by Gasteiger charge is -2.22. The molecule has 3 heterocycles. The second-order valence-corrected chi connectivity index (χ2v) is 7.06. The minimum absolute atomic E-state index is 0.0214. The highest BCUT2D eigenvalue weighted by molar-refractivity contribution is 6.00. The Kier molecular flexibility index (Phi) is 6.59. The van der Waals surface area contributed by atoms with Crippen LogP contribution in [0.1, 0.15) is 30.6 Å². The predicted molar refractivity (Wildman–Crippen MR) is 111 cm³/mol. The van der Waals surface area contributed by atoms with E-state index in [1.165, 1.54) is 18.6 Å². The molecule has 166 valence electrons. The summed E-state index contributed by atoms with van der Waals surface area (Å²) in [5.41, 5.74) is 11.8. The van der Waals surface area contributed by atoms with Gasteiger partial charge in [-0.3, -0.25) is 14.5 Å². The fraction of sp³-hybridized carbons (Fsp3) is 0.368. The number of hydrogen-bond acceptors (Lipinski definition) is 7. The van der Waals surface area contributed by atoms with Crippen LogP contribution in [0, 0.1) is 5.82 Å². The Morgan fingerprint density at radius 1 is 1.26 bits per heavy atom. The number of nitrogens with zero attached hydrogens (tertiary/aromatic N) is 4. The van der Waals surface area contributed by atoms with Crippen LogP contribution in [0.25, 0.3) is 10.9 Å². The molecule has 0 unspecified atom stereocenters. The van der Waals surface area contributed by atoms with Gasteiger partial charge in [0.05, 0.1) is 35.4 Å². The number of primary amides is 1. The summed E-state index contributed by atoms with van der Waals surface area (Å²) in [4.78, 5) is 20.1. The molecule has 0 saturated carbocycles. The van der Waals surface area contributed by atoms with E-state index in [0.717, 1.165) is 10.7 Å². The first-order chi connectivity index (χ1) is 14.7. The van der Waals surface area contributed by atoms with Crippen molar-refractivity contribution in [3.8, 4) is 0 Å². The Morgan fingerprint density at radius 2 is 2.00 bits per heavy atom. The Morgan fingerprint density at radius 3 is 2.61 bits per heavy atom. The van der Waals surface area contributed by atoms with Gasteiger partial charge in [-0.15, -0.1) is 0 Å². The molecular weight excluding hydrogens is 413 g/mol. The number of alkyl halides is 2. The normalized spacial score (nSPS) is 13.4. The molecule has 2 atom stereocenters. The summed E-state index contributed by atoms with van der Waals surface area (Å²) >= 11 is 0. The largest absolute Gasteiger partial charge is 0.365 e. The monoisotopic (exact) mass is 436 g/mol. The van der Waals surface area contributed by atoms with E-state index in [2.05, 4.69) is 25.7 Å². The van der Waals surface area contributed by atoms with E-state index in [1.54, 1.807) is 6.92 Å². The van der Waals surface area contributed by atoms with E-state index in [4.69, 9.17) is 11.5 Å². The lowest BCUT2D eigenvalue weighted by Crippen LogP contribution is -2.38. The number of aromatic nitrogens is 4. The van der Waals surface area contributed by atoms with Crippen molar-refractivity contribution >= 4 is 34.1 Å². The van der Waals surface area contributed by atoms with E-state index < -0.39 is 24.7 Å². The number of amides is 1. The number of carbonyl (C=O) groups excluding carboxylic acids is 1. The first-order valence-electron chi connectivity index (χ1n) is 9.58. The third-order valence-electron chi connectivity index (χ3n) is 4.77. The molecule has 0 aromatic carbocycles. The fourth-order valence-electron chi connectivity index (χ4n) is 3.15. The molecule has 3 aromatic heterocycles. The van der Waals surface area contributed by atoms with Crippen LogP contribution in [-0.4, -0.2) is 44.2 Å². The molecule has 0 saturated heterocycles. The first-order valence-corrected chi connectivity index (χ1v) is 9.58. The number of carbonyl (C=O) groups is 1. The number of nitrogens with two attached hydrogens (primary N) is 2. The van der Waals surface area contributed by atoms with Crippen molar-refractivity contribution < 1.29 is 18.0 Å². The number of rotatable bonds is 9. The average Bonchev–Trinajstić information content (AvgIpc) is 3.10. The van der Waals surface area contributed by atoms with E-state index in [-0.39, 0.29) is 29.3 Å². The number of nitrogens with one attached hydrogen (secondary N) is 2. The number of anilines is 3. The van der Waals surface area contributed by atoms with Gasteiger partial charge in [-0.2, -0.15) is 5.10 Å². The highest BCUT2D eigenvalue weighted by Crippen LogP contribution is 2.28. The Balaban J connectivity index is 2.03. The zero-order valence-electron chi connectivity index (χ0n) is 16.9. The van der Waals surface area contributed by atoms with Crippen molar-refractivity contribution in [3.63, 3.8) is 0 Å². The molecule has 12 heteroatoms. The van der Waals surface area contributed by atoms with Crippen molar-refractivity contribution in [2.75, 3.05) is 10.6 Å². The minimum Gasteiger partial charge on any atom is -0.365 e. The maximum Gasteiger partial charge on any atom is 0.257 e. The number of hydrogen-bond donors (Lipinski definition) is 4. The van der Waals surface area contributed by atoms with Gasteiger partial charge in [0.25, 0.3) is 12.3 Å². The molecule has 0 aliphatic rings. The zero-order chi connectivity index (χ0) is 22.7. The molecule has 0 spiro atoms. The van der Waals surface area contributed by atoms with E-state index in [9.17, 15) is 18.0 Å². The van der Waals surface area contributed by atoms with Gasteiger partial charge < -0.3 is 22.1 Å². The summed E-state index contributed by atoms with van der Waals surface area (Å²) in [5.74, 6) is -1.79. The van der Waals surface area contributed by atoms with Crippen LogP contribution in [0.5, 0.6) is 0 Å². The lowest BCUT2D eigenvalue weighted by molar-refractivity contribution is 0.1000. The van der Waals surface area contributed by atoms with Crippen LogP contribution in [0.4, 0.5) is 30.5 Å². The van der Waals surface area contributed by atoms with Crippen LogP contribution in [-0.2, 0) is 6.54 Å². The quantitative estimate of drug-likeness (QED) is 0.405. The van der Waals surface area contributed by atoms with Gasteiger partial charge in [0.1, 0.15) is 12.4 Å². The van der Waals surface area contributed by atoms with Crippen molar-refractivity contribution in [1.82, 2.24) is 19.7 Å². The molecule has 0 fully saturated rings. The Hall–Kier alpha value is -3.41. The highest BCUT2D eigenvalue weighted by atomic mass is 19.3. The molecule has 3 aromatic rings. The summed E-state index contributed by atoms with van der Waals surface area (Å²) in [5, 5.41) is 10.3. The zero-order valence-corrected chi connectivity index (χ0v) is 16.9. The van der Waals surface area contributed by atoms with Crippen molar-refractivity contribution in [1.29, 1.82) is 0 Å². The third-order valence-corrected chi connectivity index (χ3v) is 4.77. The molecule has 9 nitrogen and oxygen atoms in total. The summed E-state index contributed by atoms with van der Waals surface area (Å²) in [6.45, 7) is 3.07. The molecule has 6 N–H and O–H groups in total. The smallest absolute Gasteiger partial charge is 0.257 e. The summed E-state index contributed by atoms with van der Waals surface area (Å²) in [6, 6.07) is 0.436. The number of pyridine rings is 2. The van der Waals surface area contributed by atoms with Crippen LogP contribution in [0.2, 0.25) is 0 Å². The Labute approximate surface area is 176 Å². The van der Waals surface area contributed by atoms with E-state index in [0.29, 0.717) is 23.0 Å². The molecule has 0 aliphatic heterocycles. The molecular formula is C19H23F3N8O. The summed E-state index contributed by atoms with van der Waals surface area (Å²) < 4.78 is 41.2. The lowest BCUT2D eigenvalue weighted by atomic mass is 10.1. The van der Waals surface area contributed by atoms with Crippen molar-refractivity contribution in [3.05, 3.63) is 36.0 Å². The second kappa shape index (κ2) is 9.16. The first kappa shape index (κ1) is 22.3. The average molecular weight is 436 g/mol. The maximum absolute atomic E-state index is 14.6. The SMILES string of the molecule is CC[C@@H](Nc1nc(Nc2cncc3c2cnn3CC(F)F)c(C(N)=O)cc1F)[C@H](C)N. The van der Waals surface area contributed by atoms with Crippen LogP contribution in [0.3, 0.4) is 0 Å². The van der Waals surface area contributed by atoms with Gasteiger partial charge in [0.15, 0.2) is 11.6 Å². The van der Waals surface area contributed by atoms with Gasteiger partial charge in [-0.25, -0.2) is 18.2 Å². The Bertz CT molecular complexity index is 1090. The number of halogens is 3. The number of fused-ring (bicyclic) bond motifs is 1. The maximum atomic E-state index is 14.6. The topological polar surface area (TPSA) is 137 Å². The van der Waals surface area contributed by atoms with Gasteiger partial charge in [-0.1, -0.05) is 6.92 Å². The van der Waals surface area contributed by atoms with E-state index >= 15 is 0 Å². The molecule has 1 amide bonds.